The van der Waals surface area contributed by atoms with Crippen LogP contribution in [-0.4, -0.2) is 65.9 Å². The van der Waals surface area contributed by atoms with E-state index in [0.29, 0.717) is 0 Å². The first-order valence-corrected chi connectivity index (χ1v) is 13.2. The molecule has 0 fully saturated rings. The quantitative estimate of drug-likeness (QED) is 0.564. The van der Waals surface area contributed by atoms with E-state index in [0.717, 1.165) is 26.2 Å². The molecule has 0 aliphatic heterocycles. The van der Waals surface area contributed by atoms with Gasteiger partial charge in [-0.2, -0.15) is 0 Å². The molecule has 104 valence electrons. The van der Waals surface area contributed by atoms with Gasteiger partial charge in [0, 0.05) is 0 Å². The summed E-state index contributed by atoms with van der Waals surface area (Å²) >= 11 is -2.92. The van der Waals surface area contributed by atoms with Crippen molar-refractivity contribution in [1.82, 2.24) is 11.6 Å². The summed E-state index contributed by atoms with van der Waals surface area (Å²) < 4.78 is 10.5. The van der Waals surface area contributed by atoms with E-state index in [1.54, 1.807) is 0 Å². The topological polar surface area (TPSA) is 13.0 Å². The monoisotopic (exact) mass is 412 g/mol. The van der Waals surface area contributed by atoms with Gasteiger partial charge in [0.2, 0.25) is 0 Å². The SMILES string of the molecule is CC[N](CC)[Hf]([N](C)C)([N](C)C)[N](CC)CC. The third kappa shape index (κ3) is 3.38. The molecule has 0 heterocycles. The Hall–Kier alpha value is 0.710. The Morgan fingerprint density at radius 1 is 0.588 bits per heavy atom. The fraction of sp³-hybridized carbons (Fsp3) is 1.00. The summed E-state index contributed by atoms with van der Waals surface area (Å²) in [7, 11) is 9.05. The van der Waals surface area contributed by atoms with Gasteiger partial charge < -0.3 is 0 Å². The van der Waals surface area contributed by atoms with Crippen LogP contribution in [0.3, 0.4) is 0 Å². The summed E-state index contributed by atoms with van der Waals surface area (Å²) in [6.45, 7) is 13.7. The zero-order chi connectivity index (χ0) is 13.6. The van der Waals surface area contributed by atoms with Gasteiger partial charge >= 0.3 is 115 Å². The molecule has 0 aliphatic rings. The van der Waals surface area contributed by atoms with E-state index < -0.39 is 21.1 Å². The van der Waals surface area contributed by atoms with Gasteiger partial charge in [0.15, 0.2) is 0 Å². The molecule has 0 bridgehead atoms. The summed E-state index contributed by atoms with van der Waals surface area (Å²) in [6, 6.07) is 0. The molecule has 17 heavy (non-hydrogen) atoms. The molecule has 5 heteroatoms. The molecule has 0 aromatic rings. The molecular formula is C12H32HfN4. The first kappa shape index (κ1) is 17.7. The normalized spacial score (nSPS) is 13.4. The first-order chi connectivity index (χ1) is 7.93. The van der Waals surface area contributed by atoms with Crippen molar-refractivity contribution in [3.63, 3.8) is 0 Å². The maximum atomic E-state index is 2.72. The van der Waals surface area contributed by atoms with Crippen molar-refractivity contribution in [1.29, 1.82) is 0 Å². The molecule has 0 rings (SSSR count). The van der Waals surface area contributed by atoms with E-state index in [-0.39, 0.29) is 0 Å². The van der Waals surface area contributed by atoms with Crippen molar-refractivity contribution < 1.29 is 21.1 Å². The van der Waals surface area contributed by atoms with Gasteiger partial charge in [0.1, 0.15) is 0 Å². The molecule has 0 spiro atoms. The summed E-state index contributed by atoms with van der Waals surface area (Å²) in [5.74, 6) is 0. The standard InChI is InChI=1S/2C4H10N.2C2H6N.Hf/c2*1-3-5-4-2;2*1-3-2;/h2*3-4H2,1-2H3;2*1-2H3;/q4*-1;+4. The molecule has 0 saturated carbocycles. The van der Waals surface area contributed by atoms with Crippen LogP contribution >= 0.6 is 0 Å². The fourth-order valence-electron chi connectivity index (χ4n) is 3.03. The van der Waals surface area contributed by atoms with E-state index >= 15 is 0 Å². The second kappa shape index (κ2) is 8.00. The van der Waals surface area contributed by atoms with Gasteiger partial charge in [0.25, 0.3) is 0 Å². The molecule has 0 radical (unpaired) electrons. The minimum atomic E-state index is -2.92. The molecule has 0 N–H and O–H groups in total. The van der Waals surface area contributed by atoms with Crippen molar-refractivity contribution in [2.75, 3.05) is 54.4 Å². The Morgan fingerprint density at radius 2 is 0.824 bits per heavy atom. The minimum absolute atomic E-state index is 1.14. The first-order valence-electron chi connectivity index (χ1n) is 6.78. The molecule has 0 atom stereocenters. The number of hydrogen-bond acceptors (Lipinski definition) is 4. The van der Waals surface area contributed by atoms with Crippen molar-refractivity contribution in [3.8, 4) is 0 Å². The van der Waals surface area contributed by atoms with Crippen LogP contribution in [0.5, 0.6) is 0 Å². The van der Waals surface area contributed by atoms with Crippen molar-refractivity contribution in [2.45, 2.75) is 27.7 Å². The van der Waals surface area contributed by atoms with Crippen LogP contribution in [-0.2, 0) is 21.1 Å². The third-order valence-corrected chi connectivity index (χ3v) is 22.8. The average Bonchev–Trinajstić information content (AvgIpc) is 2.28. The number of nitrogens with zero attached hydrogens (tertiary/aromatic N) is 4. The van der Waals surface area contributed by atoms with Crippen LogP contribution in [0.4, 0.5) is 0 Å². The van der Waals surface area contributed by atoms with E-state index in [9.17, 15) is 0 Å². The summed E-state index contributed by atoms with van der Waals surface area (Å²) in [5.41, 5.74) is 0. The predicted octanol–water partition coefficient (Wildman–Crippen LogP) is 1.61. The van der Waals surface area contributed by atoms with Crippen molar-refractivity contribution in [2.24, 2.45) is 0 Å². The summed E-state index contributed by atoms with van der Waals surface area (Å²) in [5, 5.41) is 0. The second-order valence-electron chi connectivity index (χ2n) is 4.73. The molecule has 0 saturated heterocycles. The maximum absolute atomic E-state index is 2.92. The van der Waals surface area contributed by atoms with Crippen LogP contribution in [0, 0.1) is 0 Å². The van der Waals surface area contributed by atoms with Gasteiger partial charge in [0.05, 0.1) is 0 Å². The average molecular weight is 411 g/mol. The Bertz CT molecular complexity index is 179. The molecule has 4 nitrogen and oxygen atoms in total. The van der Waals surface area contributed by atoms with E-state index in [4.69, 9.17) is 0 Å². The van der Waals surface area contributed by atoms with Gasteiger partial charge in [-0.05, 0) is 0 Å². The van der Waals surface area contributed by atoms with Crippen LogP contribution < -0.4 is 0 Å². The van der Waals surface area contributed by atoms with Gasteiger partial charge in [-0.3, -0.25) is 0 Å². The van der Waals surface area contributed by atoms with E-state index in [1.807, 2.05) is 0 Å². The molecule has 0 amide bonds. The Morgan fingerprint density at radius 3 is 0.941 bits per heavy atom. The summed E-state index contributed by atoms with van der Waals surface area (Å²) in [4.78, 5) is 0. The van der Waals surface area contributed by atoms with Crippen LogP contribution in [0.15, 0.2) is 0 Å². The van der Waals surface area contributed by atoms with Gasteiger partial charge in [-0.25, -0.2) is 0 Å². The Labute approximate surface area is 114 Å². The molecular weight excluding hydrogens is 379 g/mol. The number of rotatable bonds is 8. The summed E-state index contributed by atoms with van der Waals surface area (Å²) in [6.07, 6.45) is 0. The molecule has 0 aromatic carbocycles. The second-order valence-corrected chi connectivity index (χ2v) is 20.0. The van der Waals surface area contributed by atoms with Crippen molar-refractivity contribution in [3.05, 3.63) is 0 Å². The van der Waals surface area contributed by atoms with Gasteiger partial charge in [-0.15, -0.1) is 0 Å². The van der Waals surface area contributed by atoms with Crippen LogP contribution in [0.2, 0.25) is 0 Å². The van der Waals surface area contributed by atoms with Crippen molar-refractivity contribution >= 4 is 0 Å². The van der Waals surface area contributed by atoms with Crippen LogP contribution in [0.25, 0.3) is 0 Å². The molecule has 0 unspecified atom stereocenters. The Kier molecular flexibility index (Phi) is 8.33. The zero-order valence-corrected chi connectivity index (χ0v) is 16.7. The fourth-order valence-corrected chi connectivity index (χ4v) is 21.6. The van der Waals surface area contributed by atoms with Crippen LogP contribution in [0.1, 0.15) is 27.7 Å². The molecule has 0 aliphatic carbocycles. The Balaban J connectivity index is 5.56. The van der Waals surface area contributed by atoms with E-state index in [2.05, 4.69) is 67.4 Å². The third-order valence-electron chi connectivity index (χ3n) is 3.58. The van der Waals surface area contributed by atoms with E-state index in [1.165, 1.54) is 0 Å². The zero-order valence-electron chi connectivity index (χ0n) is 13.1. The van der Waals surface area contributed by atoms with Gasteiger partial charge in [-0.1, -0.05) is 0 Å². The number of hydrogen-bond donors (Lipinski definition) is 0. The predicted molar refractivity (Wildman–Crippen MR) is 73.2 cm³/mol. The molecule has 0 aromatic heterocycles.